The van der Waals surface area contributed by atoms with Crippen LogP contribution in [0.1, 0.15) is 18.1 Å². The van der Waals surface area contributed by atoms with Crippen LogP contribution in [0.3, 0.4) is 0 Å². The molecular weight excluding hydrogens is 208 g/mol. The van der Waals surface area contributed by atoms with Gasteiger partial charge in [-0.15, -0.1) is 0 Å². The van der Waals surface area contributed by atoms with E-state index in [2.05, 4.69) is 41.2 Å². The fourth-order valence-electron chi connectivity index (χ4n) is 1.79. The van der Waals surface area contributed by atoms with Crippen molar-refractivity contribution < 1.29 is 0 Å². The van der Waals surface area contributed by atoms with Crippen LogP contribution >= 0.6 is 0 Å². The molecule has 2 heteroatoms. The monoisotopic (exact) mass is 224 g/mol. The van der Waals surface area contributed by atoms with Crippen molar-refractivity contribution in [3.05, 3.63) is 71.8 Å². The molecule has 2 nitrogen and oxygen atoms in total. The smallest absolute Gasteiger partial charge is 0.0303 e. The van der Waals surface area contributed by atoms with E-state index in [0.29, 0.717) is 0 Å². The summed E-state index contributed by atoms with van der Waals surface area (Å²) in [5.41, 5.74) is 3.97. The first-order chi connectivity index (χ1) is 8.38. The van der Waals surface area contributed by atoms with E-state index in [4.69, 9.17) is 0 Å². The lowest BCUT2D eigenvalue weighted by atomic mass is 10.00. The van der Waals surface area contributed by atoms with Gasteiger partial charge in [-0.25, -0.2) is 0 Å². The molecule has 0 aliphatic rings. The molecule has 0 saturated heterocycles. The van der Waals surface area contributed by atoms with Crippen LogP contribution in [0.2, 0.25) is 0 Å². The van der Waals surface area contributed by atoms with Crippen LogP contribution in [0, 0.1) is 0 Å². The highest BCUT2D eigenvalue weighted by Crippen LogP contribution is 2.12. The standard InChI is InChI=1S/C15H16N2/c1-2-13(10-14-5-8-16-9-6-14)11-15-4-3-7-17-12-15/h2-9,12H,10-11H2,1H3/b13-2+. The molecule has 0 aliphatic heterocycles. The molecular formula is C15H16N2. The van der Waals surface area contributed by atoms with E-state index in [1.54, 1.807) is 0 Å². The Bertz CT molecular complexity index is 431. The molecule has 86 valence electrons. The zero-order valence-corrected chi connectivity index (χ0v) is 10.0. The van der Waals surface area contributed by atoms with Gasteiger partial charge in [-0.1, -0.05) is 17.7 Å². The molecule has 0 amide bonds. The Kier molecular flexibility index (Phi) is 4.03. The molecule has 0 saturated carbocycles. The summed E-state index contributed by atoms with van der Waals surface area (Å²) in [5.74, 6) is 0. The van der Waals surface area contributed by atoms with Gasteiger partial charge in [0.2, 0.25) is 0 Å². The zero-order valence-electron chi connectivity index (χ0n) is 10.0. The van der Waals surface area contributed by atoms with E-state index in [-0.39, 0.29) is 0 Å². The molecule has 17 heavy (non-hydrogen) atoms. The molecule has 2 rings (SSSR count). The van der Waals surface area contributed by atoms with Gasteiger partial charge >= 0.3 is 0 Å². The van der Waals surface area contributed by atoms with Gasteiger partial charge in [0, 0.05) is 24.8 Å². The van der Waals surface area contributed by atoms with E-state index in [9.17, 15) is 0 Å². The van der Waals surface area contributed by atoms with Gasteiger partial charge in [0.25, 0.3) is 0 Å². The summed E-state index contributed by atoms with van der Waals surface area (Å²) in [6, 6.07) is 8.22. The second-order valence-electron chi connectivity index (χ2n) is 4.02. The number of nitrogens with zero attached hydrogens (tertiary/aromatic N) is 2. The lowest BCUT2D eigenvalue weighted by Crippen LogP contribution is -1.96. The molecule has 2 aromatic rings. The molecule has 0 aliphatic carbocycles. The first kappa shape index (κ1) is 11.5. The Morgan fingerprint density at radius 2 is 1.76 bits per heavy atom. The van der Waals surface area contributed by atoms with E-state index >= 15 is 0 Å². The maximum atomic E-state index is 4.14. The van der Waals surface area contributed by atoms with Gasteiger partial charge in [0.1, 0.15) is 0 Å². The minimum atomic E-state index is 0.965. The molecule has 0 atom stereocenters. The van der Waals surface area contributed by atoms with E-state index in [1.807, 2.05) is 30.9 Å². The molecule has 0 spiro atoms. The average molecular weight is 224 g/mol. The quantitative estimate of drug-likeness (QED) is 0.745. The van der Waals surface area contributed by atoms with Crippen molar-refractivity contribution in [2.45, 2.75) is 19.8 Å². The molecule has 0 aromatic carbocycles. The first-order valence-electron chi connectivity index (χ1n) is 5.80. The van der Waals surface area contributed by atoms with Gasteiger partial charge in [-0.3, -0.25) is 9.97 Å². The minimum Gasteiger partial charge on any atom is -0.265 e. The summed E-state index contributed by atoms with van der Waals surface area (Å²) in [7, 11) is 0. The molecule has 0 unspecified atom stereocenters. The molecule has 0 radical (unpaired) electrons. The van der Waals surface area contributed by atoms with Crippen LogP contribution in [0.4, 0.5) is 0 Å². The van der Waals surface area contributed by atoms with Crippen LogP contribution in [-0.4, -0.2) is 9.97 Å². The number of allylic oxidation sites excluding steroid dienone is 2. The molecule has 2 aromatic heterocycles. The summed E-state index contributed by atoms with van der Waals surface area (Å²) in [5, 5.41) is 0. The second kappa shape index (κ2) is 5.94. The fourth-order valence-corrected chi connectivity index (χ4v) is 1.79. The molecule has 0 bridgehead atoms. The Hall–Kier alpha value is -1.96. The topological polar surface area (TPSA) is 25.8 Å². The number of hydrogen-bond donors (Lipinski definition) is 0. The lowest BCUT2D eigenvalue weighted by molar-refractivity contribution is 1.01. The fraction of sp³-hybridized carbons (Fsp3) is 0.200. The van der Waals surface area contributed by atoms with Crippen molar-refractivity contribution >= 4 is 0 Å². The highest BCUT2D eigenvalue weighted by Gasteiger charge is 2.00. The Labute approximate surface area is 102 Å². The molecule has 0 fully saturated rings. The predicted octanol–water partition coefficient (Wildman–Crippen LogP) is 3.21. The number of pyridine rings is 2. The van der Waals surface area contributed by atoms with Crippen LogP contribution in [0.25, 0.3) is 0 Å². The maximum absolute atomic E-state index is 4.14. The third-order valence-corrected chi connectivity index (χ3v) is 2.74. The van der Waals surface area contributed by atoms with E-state index < -0.39 is 0 Å². The van der Waals surface area contributed by atoms with Gasteiger partial charge in [-0.05, 0) is 49.1 Å². The summed E-state index contributed by atoms with van der Waals surface area (Å²) in [6.45, 7) is 2.09. The largest absolute Gasteiger partial charge is 0.265 e. The zero-order chi connectivity index (χ0) is 11.9. The highest BCUT2D eigenvalue weighted by atomic mass is 14.6. The first-order valence-corrected chi connectivity index (χ1v) is 5.80. The van der Waals surface area contributed by atoms with Gasteiger partial charge in [0.05, 0.1) is 0 Å². The van der Waals surface area contributed by atoms with Crippen molar-refractivity contribution in [1.82, 2.24) is 9.97 Å². The number of rotatable bonds is 4. The number of hydrogen-bond acceptors (Lipinski definition) is 2. The average Bonchev–Trinajstić information content (AvgIpc) is 2.40. The van der Waals surface area contributed by atoms with Crippen LogP contribution in [0.5, 0.6) is 0 Å². The van der Waals surface area contributed by atoms with Gasteiger partial charge in [0.15, 0.2) is 0 Å². The highest BCUT2D eigenvalue weighted by molar-refractivity contribution is 5.24. The van der Waals surface area contributed by atoms with Crippen molar-refractivity contribution in [2.24, 2.45) is 0 Å². The van der Waals surface area contributed by atoms with Crippen molar-refractivity contribution in [1.29, 1.82) is 0 Å². The molecule has 2 heterocycles. The number of aromatic nitrogens is 2. The minimum absolute atomic E-state index is 0.965. The third-order valence-electron chi connectivity index (χ3n) is 2.74. The van der Waals surface area contributed by atoms with Crippen molar-refractivity contribution in [3.63, 3.8) is 0 Å². The maximum Gasteiger partial charge on any atom is 0.0303 e. The Balaban J connectivity index is 2.04. The summed E-state index contributed by atoms with van der Waals surface area (Å²) < 4.78 is 0. The third kappa shape index (κ3) is 3.52. The lowest BCUT2D eigenvalue weighted by Gasteiger charge is -2.07. The summed E-state index contributed by atoms with van der Waals surface area (Å²) >= 11 is 0. The van der Waals surface area contributed by atoms with E-state index in [1.165, 1.54) is 16.7 Å². The van der Waals surface area contributed by atoms with Crippen LogP contribution in [0.15, 0.2) is 60.7 Å². The molecule has 0 N–H and O–H groups in total. The van der Waals surface area contributed by atoms with Crippen LogP contribution < -0.4 is 0 Å². The Morgan fingerprint density at radius 1 is 1.00 bits per heavy atom. The van der Waals surface area contributed by atoms with Crippen molar-refractivity contribution in [3.8, 4) is 0 Å². The van der Waals surface area contributed by atoms with Gasteiger partial charge in [-0.2, -0.15) is 0 Å². The summed E-state index contributed by atoms with van der Waals surface area (Å²) in [4.78, 5) is 8.17. The SMILES string of the molecule is C/C=C(\Cc1ccncc1)Cc1cccnc1. The normalized spacial score (nSPS) is 11.5. The van der Waals surface area contributed by atoms with Crippen molar-refractivity contribution in [2.75, 3.05) is 0 Å². The Morgan fingerprint density at radius 3 is 2.41 bits per heavy atom. The summed E-state index contributed by atoms with van der Waals surface area (Å²) in [6.07, 6.45) is 11.5. The second-order valence-corrected chi connectivity index (χ2v) is 4.02. The van der Waals surface area contributed by atoms with Gasteiger partial charge < -0.3 is 0 Å². The predicted molar refractivity (Wildman–Crippen MR) is 69.6 cm³/mol. The van der Waals surface area contributed by atoms with Crippen LogP contribution in [-0.2, 0) is 12.8 Å². The van der Waals surface area contributed by atoms with E-state index in [0.717, 1.165) is 12.8 Å².